The summed E-state index contributed by atoms with van der Waals surface area (Å²) in [5, 5.41) is 16.6. The molecule has 0 bridgehead atoms. The molecule has 0 spiro atoms. The Kier molecular flexibility index (Phi) is 10.2. The fraction of sp³-hybridized carbons (Fsp3) is 0.593. The number of rotatable bonds is 11. The first kappa shape index (κ1) is 30.4. The maximum atomic E-state index is 13.2. The van der Waals surface area contributed by atoms with Gasteiger partial charge in [0.2, 0.25) is 10.0 Å². The number of aliphatic carboxylic acids is 1. The lowest BCUT2D eigenvalue weighted by Gasteiger charge is -2.39. The largest absolute Gasteiger partial charge is 0.497 e. The fourth-order valence-corrected chi connectivity index (χ4v) is 7.72. The van der Waals surface area contributed by atoms with Gasteiger partial charge in [-0.2, -0.15) is 4.72 Å². The highest BCUT2D eigenvalue weighted by Gasteiger charge is 2.31. The van der Waals surface area contributed by atoms with Crippen LogP contribution in [0.2, 0.25) is 0 Å². The molecule has 40 heavy (non-hydrogen) atoms. The summed E-state index contributed by atoms with van der Waals surface area (Å²) in [6.45, 7) is 7.70. The van der Waals surface area contributed by atoms with Gasteiger partial charge in [-0.05, 0) is 82.0 Å². The zero-order valence-electron chi connectivity index (χ0n) is 23.2. The molecule has 2 saturated heterocycles. The van der Waals surface area contributed by atoms with Crippen LogP contribution in [-0.4, -0.2) is 87.2 Å². The number of piperidine rings is 2. The highest BCUT2D eigenvalue weighted by atomic mass is 32.2. The lowest BCUT2D eigenvalue weighted by atomic mass is 9.94. The predicted molar refractivity (Wildman–Crippen MR) is 153 cm³/mol. The molecular weight excluding hydrogens is 554 g/mol. The number of thiazole rings is 1. The summed E-state index contributed by atoms with van der Waals surface area (Å²) in [4.78, 5) is 32.9. The third-order valence-electron chi connectivity index (χ3n) is 7.56. The van der Waals surface area contributed by atoms with E-state index in [1.165, 1.54) is 55.6 Å². The third-order valence-corrected chi connectivity index (χ3v) is 10.3. The average molecular weight is 594 g/mol. The van der Waals surface area contributed by atoms with Gasteiger partial charge in [-0.3, -0.25) is 9.59 Å². The monoisotopic (exact) mass is 593 g/mol. The standard InChI is InChI=1S/C27H39N5O6S2/c1-17(2)23-24(39-26(30-23)18-10-14-32(15-11-18)19-8-12-28-13-9-19)25(33)29-16-22(27(34)35)31-40(36,37)21-6-4-20(38-3)5-7-21/h4-7,17-19,22,28,31H,8-16H2,1-3H3,(H,29,33)(H,34,35)/t22-/m0/s1. The Morgan fingerprint density at radius 1 is 1.15 bits per heavy atom. The Labute approximate surface area is 239 Å². The van der Waals surface area contributed by atoms with Crippen LogP contribution in [0.4, 0.5) is 0 Å². The molecule has 0 unspecified atom stereocenters. The topological polar surface area (TPSA) is 150 Å². The van der Waals surface area contributed by atoms with Gasteiger partial charge in [0.25, 0.3) is 5.91 Å². The number of sulfonamides is 1. The molecule has 13 heteroatoms. The van der Waals surface area contributed by atoms with Gasteiger partial charge in [-0.15, -0.1) is 11.3 Å². The Balaban J connectivity index is 1.40. The molecule has 2 aliphatic heterocycles. The van der Waals surface area contributed by atoms with Gasteiger partial charge in [-0.25, -0.2) is 13.4 Å². The van der Waals surface area contributed by atoms with Gasteiger partial charge in [0.05, 0.1) is 22.7 Å². The molecule has 4 N–H and O–H groups in total. The summed E-state index contributed by atoms with van der Waals surface area (Å²) >= 11 is 1.36. The molecular formula is C27H39N5O6S2. The molecule has 3 heterocycles. The second-order valence-electron chi connectivity index (χ2n) is 10.6. The van der Waals surface area contributed by atoms with Gasteiger partial charge in [-0.1, -0.05) is 13.8 Å². The summed E-state index contributed by atoms with van der Waals surface area (Å²) in [7, 11) is -2.68. The van der Waals surface area contributed by atoms with E-state index in [0.717, 1.165) is 44.0 Å². The number of ether oxygens (including phenoxy) is 1. The highest BCUT2D eigenvalue weighted by Crippen LogP contribution is 2.35. The molecule has 1 aromatic heterocycles. The molecule has 0 radical (unpaired) electrons. The Bertz CT molecular complexity index is 1270. The fourth-order valence-electron chi connectivity index (χ4n) is 5.23. The van der Waals surface area contributed by atoms with E-state index in [9.17, 15) is 23.1 Å². The lowest BCUT2D eigenvalue weighted by molar-refractivity contribution is -0.138. The Morgan fingerprint density at radius 2 is 1.80 bits per heavy atom. The van der Waals surface area contributed by atoms with Crippen molar-refractivity contribution in [1.29, 1.82) is 0 Å². The second kappa shape index (κ2) is 13.4. The number of nitrogens with one attached hydrogen (secondary N) is 3. The molecule has 1 amide bonds. The maximum Gasteiger partial charge on any atom is 0.323 e. The van der Waals surface area contributed by atoms with E-state index < -0.39 is 34.5 Å². The van der Waals surface area contributed by atoms with Crippen molar-refractivity contribution in [2.45, 2.75) is 68.3 Å². The number of likely N-dealkylation sites (tertiary alicyclic amines) is 1. The molecule has 4 rings (SSSR count). The van der Waals surface area contributed by atoms with Crippen LogP contribution in [0, 0.1) is 0 Å². The van der Waals surface area contributed by atoms with E-state index in [1.54, 1.807) is 0 Å². The van der Waals surface area contributed by atoms with Gasteiger partial charge in [0.1, 0.15) is 16.7 Å². The van der Waals surface area contributed by atoms with Gasteiger partial charge >= 0.3 is 5.97 Å². The zero-order chi connectivity index (χ0) is 28.9. The number of benzene rings is 1. The van der Waals surface area contributed by atoms with Gasteiger partial charge in [0.15, 0.2) is 0 Å². The molecule has 2 aromatic rings. The molecule has 2 aliphatic rings. The summed E-state index contributed by atoms with van der Waals surface area (Å²) in [6.07, 6.45) is 4.34. The zero-order valence-corrected chi connectivity index (χ0v) is 24.8. The summed E-state index contributed by atoms with van der Waals surface area (Å²) in [5.74, 6) is -1.09. The van der Waals surface area contributed by atoms with Crippen LogP contribution in [-0.2, 0) is 14.8 Å². The number of amides is 1. The van der Waals surface area contributed by atoms with Crippen molar-refractivity contribution in [3.8, 4) is 5.75 Å². The van der Waals surface area contributed by atoms with Crippen LogP contribution in [0.5, 0.6) is 5.75 Å². The number of nitrogens with zero attached hydrogens (tertiary/aromatic N) is 2. The highest BCUT2D eigenvalue weighted by molar-refractivity contribution is 7.89. The van der Waals surface area contributed by atoms with Crippen LogP contribution in [0.1, 0.15) is 71.7 Å². The van der Waals surface area contributed by atoms with Crippen molar-refractivity contribution in [2.24, 2.45) is 0 Å². The molecule has 220 valence electrons. The van der Waals surface area contributed by atoms with Crippen molar-refractivity contribution >= 4 is 33.2 Å². The first-order valence-corrected chi connectivity index (χ1v) is 16.0. The first-order valence-electron chi connectivity index (χ1n) is 13.7. The first-order chi connectivity index (χ1) is 19.1. The summed E-state index contributed by atoms with van der Waals surface area (Å²) < 4.78 is 32.7. The van der Waals surface area contributed by atoms with Crippen molar-refractivity contribution < 1.29 is 27.9 Å². The predicted octanol–water partition coefficient (Wildman–Crippen LogP) is 2.37. The van der Waals surface area contributed by atoms with Gasteiger partial charge in [0, 0.05) is 18.5 Å². The van der Waals surface area contributed by atoms with E-state index in [4.69, 9.17) is 9.72 Å². The van der Waals surface area contributed by atoms with Crippen LogP contribution < -0.4 is 20.1 Å². The molecule has 1 aromatic carbocycles. The SMILES string of the molecule is COc1ccc(S(=O)(=O)N[C@@H](CNC(=O)c2sc(C3CCN(C4CCNCC4)CC3)nc2C(C)C)C(=O)O)cc1. The van der Waals surface area contributed by atoms with Crippen molar-refractivity contribution in [2.75, 3.05) is 39.8 Å². The number of carboxylic acids is 1. The van der Waals surface area contributed by atoms with Crippen LogP contribution >= 0.6 is 11.3 Å². The van der Waals surface area contributed by atoms with E-state index in [0.29, 0.717) is 22.4 Å². The number of methoxy groups -OCH3 is 1. The molecule has 0 saturated carbocycles. The molecule has 2 fully saturated rings. The molecule has 11 nitrogen and oxygen atoms in total. The number of hydrogen-bond acceptors (Lipinski definition) is 9. The van der Waals surface area contributed by atoms with Crippen LogP contribution in [0.3, 0.4) is 0 Å². The smallest absolute Gasteiger partial charge is 0.323 e. The molecule has 1 atom stereocenters. The average Bonchev–Trinajstić information content (AvgIpc) is 3.42. The van der Waals surface area contributed by atoms with E-state index in [1.807, 2.05) is 13.8 Å². The lowest BCUT2D eigenvalue weighted by Crippen LogP contribution is -2.48. The minimum absolute atomic E-state index is 0.00410. The minimum atomic E-state index is -4.14. The van der Waals surface area contributed by atoms with E-state index in [-0.39, 0.29) is 16.7 Å². The quantitative estimate of drug-likeness (QED) is 0.308. The molecule has 0 aliphatic carbocycles. The van der Waals surface area contributed by atoms with Crippen LogP contribution in [0.25, 0.3) is 0 Å². The summed E-state index contributed by atoms with van der Waals surface area (Å²) in [5.41, 5.74) is 0.684. The number of carboxylic acid groups (broad SMARTS) is 1. The second-order valence-corrected chi connectivity index (χ2v) is 13.4. The third kappa shape index (κ3) is 7.38. The number of hydrogen-bond donors (Lipinski definition) is 4. The van der Waals surface area contributed by atoms with E-state index >= 15 is 0 Å². The number of carbonyl (C=O) groups excluding carboxylic acids is 1. The van der Waals surface area contributed by atoms with Crippen molar-refractivity contribution in [3.05, 3.63) is 39.8 Å². The normalized spacial score (nSPS) is 18.5. The van der Waals surface area contributed by atoms with Crippen molar-refractivity contribution in [3.63, 3.8) is 0 Å². The Hall–Kier alpha value is -2.58. The van der Waals surface area contributed by atoms with Crippen molar-refractivity contribution in [1.82, 2.24) is 25.2 Å². The number of carbonyl (C=O) groups is 2. The van der Waals surface area contributed by atoms with E-state index in [2.05, 4.69) is 20.3 Å². The summed E-state index contributed by atoms with van der Waals surface area (Å²) in [6, 6.07) is 4.67. The van der Waals surface area contributed by atoms with Crippen LogP contribution in [0.15, 0.2) is 29.2 Å². The van der Waals surface area contributed by atoms with Gasteiger partial charge < -0.3 is 25.4 Å². The maximum absolute atomic E-state index is 13.2. The number of aromatic nitrogens is 1. The minimum Gasteiger partial charge on any atom is -0.497 e. The Morgan fingerprint density at radius 3 is 2.38 bits per heavy atom.